The van der Waals surface area contributed by atoms with E-state index in [1.165, 1.54) is 24.0 Å². The lowest BCUT2D eigenvalue weighted by Gasteiger charge is -2.30. The predicted molar refractivity (Wildman–Crippen MR) is 111 cm³/mol. The first kappa shape index (κ1) is 22.6. The molecule has 0 spiro atoms. The van der Waals surface area contributed by atoms with Gasteiger partial charge in [-0.2, -0.15) is 0 Å². The summed E-state index contributed by atoms with van der Waals surface area (Å²) in [5.41, 5.74) is 1.47. The number of ether oxygens (including phenoxy) is 1. The topological polar surface area (TPSA) is 58.6 Å². The molecular formula is C23H29FN2O3. The summed E-state index contributed by atoms with van der Waals surface area (Å²) < 4.78 is 18.7. The van der Waals surface area contributed by atoms with Crippen molar-refractivity contribution in [2.75, 3.05) is 13.2 Å². The average Bonchev–Trinajstić information content (AvgIpc) is 2.69. The highest BCUT2D eigenvalue weighted by atomic mass is 19.1. The first-order valence-electron chi connectivity index (χ1n) is 9.84. The number of carbonyl (C=O) groups excluding carboxylic acids is 2. The van der Waals surface area contributed by atoms with Crippen LogP contribution in [0.25, 0.3) is 0 Å². The molecule has 2 aromatic carbocycles. The normalized spacial score (nSPS) is 11.9. The SMILES string of the molecule is CC(=O)N(Cc1ccc(F)cc1)C(C(=O)NCCCOC(C)C)c1ccccc1. The number of benzene rings is 2. The zero-order chi connectivity index (χ0) is 21.2. The van der Waals surface area contributed by atoms with Crippen LogP contribution in [-0.2, 0) is 20.9 Å². The Morgan fingerprint density at radius 2 is 1.72 bits per heavy atom. The van der Waals surface area contributed by atoms with Crippen molar-refractivity contribution in [2.45, 2.75) is 45.9 Å². The van der Waals surface area contributed by atoms with Gasteiger partial charge in [-0.15, -0.1) is 0 Å². The van der Waals surface area contributed by atoms with Crippen LogP contribution in [0.1, 0.15) is 44.4 Å². The van der Waals surface area contributed by atoms with E-state index in [0.717, 1.165) is 11.1 Å². The van der Waals surface area contributed by atoms with E-state index >= 15 is 0 Å². The Hall–Kier alpha value is -2.73. The maximum atomic E-state index is 13.2. The van der Waals surface area contributed by atoms with Crippen molar-refractivity contribution in [3.05, 3.63) is 71.5 Å². The number of hydrogen-bond acceptors (Lipinski definition) is 3. The van der Waals surface area contributed by atoms with Crippen molar-refractivity contribution < 1.29 is 18.7 Å². The molecule has 0 bridgehead atoms. The molecule has 0 saturated heterocycles. The molecule has 2 aromatic rings. The highest BCUT2D eigenvalue weighted by Gasteiger charge is 2.29. The molecule has 0 aliphatic carbocycles. The second kappa shape index (κ2) is 11.3. The predicted octanol–water partition coefficient (Wildman–Crippen LogP) is 3.85. The molecule has 2 rings (SSSR count). The second-order valence-corrected chi connectivity index (χ2v) is 7.15. The number of carbonyl (C=O) groups is 2. The molecule has 156 valence electrons. The van der Waals surface area contributed by atoms with Crippen molar-refractivity contribution in [1.29, 1.82) is 0 Å². The highest BCUT2D eigenvalue weighted by Crippen LogP contribution is 2.24. The molecule has 0 aromatic heterocycles. The van der Waals surface area contributed by atoms with E-state index in [-0.39, 0.29) is 30.3 Å². The minimum atomic E-state index is -0.773. The van der Waals surface area contributed by atoms with Gasteiger partial charge in [-0.25, -0.2) is 4.39 Å². The Morgan fingerprint density at radius 3 is 2.31 bits per heavy atom. The number of nitrogens with zero attached hydrogens (tertiary/aromatic N) is 1. The zero-order valence-corrected chi connectivity index (χ0v) is 17.2. The number of halogens is 1. The fourth-order valence-corrected chi connectivity index (χ4v) is 2.98. The van der Waals surface area contributed by atoms with Crippen molar-refractivity contribution in [2.24, 2.45) is 0 Å². The summed E-state index contributed by atoms with van der Waals surface area (Å²) in [6.45, 7) is 6.58. The van der Waals surface area contributed by atoms with Crippen molar-refractivity contribution in [1.82, 2.24) is 10.2 Å². The van der Waals surface area contributed by atoms with Crippen molar-refractivity contribution >= 4 is 11.8 Å². The molecule has 6 heteroatoms. The first-order chi connectivity index (χ1) is 13.9. The van der Waals surface area contributed by atoms with E-state index in [1.807, 2.05) is 44.2 Å². The molecule has 1 atom stereocenters. The zero-order valence-electron chi connectivity index (χ0n) is 17.2. The van der Waals surface area contributed by atoms with Crippen LogP contribution in [0.4, 0.5) is 4.39 Å². The van der Waals surface area contributed by atoms with Gasteiger partial charge >= 0.3 is 0 Å². The van der Waals surface area contributed by atoms with Gasteiger partial charge < -0.3 is 15.0 Å². The minimum Gasteiger partial charge on any atom is -0.379 e. The van der Waals surface area contributed by atoms with Gasteiger partial charge in [0.2, 0.25) is 11.8 Å². The lowest BCUT2D eigenvalue weighted by atomic mass is 10.0. The van der Waals surface area contributed by atoms with Crippen LogP contribution < -0.4 is 5.32 Å². The van der Waals surface area contributed by atoms with E-state index in [1.54, 1.807) is 12.1 Å². The largest absolute Gasteiger partial charge is 0.379 e. The maximum absolute atomic E-state index is 13.2. The van der Waals surface area contributed by atoms with Crippen LogP contribution in [0.15, 0.2) is 54.6 Å². The van der Waals surface area contributed by atoms with Gasteiger partial charge in [0, 0.05) is 26.6 Å². The molecule has 0 fully saturated rings. The molecule has 2 amide bonds. The Morgan fingerprint density at radius 1 is 1.07 bits per heavy atom. The molecule has 0 aliphatic heterocycles. The van der Waals surface area contributed by atoms with Crippen molar-refractivity contribution in [3.63, 3.8) is 0 Å². The van der Waals surface area contributed by atoms with E-state index in [9.17, 15) is 14.0 Å². The van der Waals surface area contributed by atoms with Gasteiger partial charge in [-0.05, 0) is 43.5 Å². The number of hydrogen-bond donors (Lipinski definition) is 1. The van der Waals surface area contributed by atoms with Crippen LogP contribution in [-0.4, -0.2) is 36.0 Å². The van der Waals surface area contributed by atoms with Crippen LogP contribution in [0.2, 0.25) is 0 Å². The summed E-state index contributed by atoms with van der Waals surface area (Å²) in [4.78, 5) is 27.0. The monoisotopic (exact) mass is 400 g/mol. The van der Waals surface area contributed by atoms with Gasteiger partial charge in [-0.3, -0.25) is 9.59 Å². The molecule has 0 aliphatic rings. The number of rotatable bonds is 10. The van der Waals surface area contributed by atoms with E-state index in [2.05, 4.69) is 5.32 Å². The molecule has 0 saturated carbocycles. The summed E-state index contributed by atoms with van der Waals surface area (Å²) in [5, 5.41) is 2.91. The Labute approximate surface area is 171 Å². The molecule has 0 radical (unpaired) electrons. The summed E-state index contributed by atoms with van der Waals surface area (Å²) in [7, 11) is 0. The van der Waals surface area contributed by atoms with Crippen LogP contribution in [0, 0.1) is 5.82 Å². The second-order valence-electron chi connectivity index (χ2n) is 7.15. The molecule has 1 unspecified atom stereocenters. The quantitative estimate of drug-likeness (QED) is 0.617. The molecule has 29 heavy (non-hydrogen) atoms. The van der Waals surface area contributed by atoms with Crippen molar-refractivity contribution in [3.8, 4) is 0 Å². The van der Waals surface area contributed by atoms with Crippen LogP contribution in [0.5, 0.6) is 0 Å². The molecular weight excluding hydrogens is 371 g/mol. The van der Waals surface area contributed by atoms with Gasteiger partial charge in [0.15, 0.2) is 0 Å². The molecule has 0 heterocycles. The van der Waals surface area contributed by atoms with Crippen LogP contribution in [0.3, 0.4) is 0 Å². The third-order valence-electron chi connectivity index (χ3n) is 4.42. The average molecular weight is 400 g/mol. The fraction of sp³-hybridized carbons (Fsp3) is 0.391. The molecule has 1 N–H and O–H groups in total. The van der Waals surface area contributed by atoms with E-state index in [4.69, 9.17) is 4.74 Å². The van der Waals surface area contributed by atoms with Crippen LogP contribution >= 0.6 is 0 Å². The minimum absolute atomic E-state index is 0.145. The summed E-state index contributed by atoms with van der Waals surface area (Å²) in [5.74, 6) is -0.830. The number of amides is 2. The highest BCUT2D eigenvalue weighted by molar-refractivity contribution is 5.88. The summed E-state index contributed by atoms with van der Waals surface area (Å²) >= 11 is 0. The van der Waals surface area contributed by atoms with Gasteiger partial charge in [-0.1, -0.05) is 42.5 Å². The van der Waals surface area contributed by atoms with Gasteiger partial charge in [0.05, 0.1) is 6.10 Å². The van der Waals surface area contributed by atoms with E-state index < -0.39 is 6.04 Å². The lowest BCUT2D eigenvalue weighted by molar-refractivity contribution is -0.140. The Bertz CT molecular complexity index is 778. The Kier molecular flexibility index (Phi) is 8.80. The van der Waals surface area contributed by atoms with Gasteiger partial charge in [0.1, 0.15) is 11.9 Å². The third kappa shape index (κ3) is 7.31. The molecule has 5 nitrogen and oxygen atoms in total. The Balaban J connectivity index is 2.17. The maximum Gasteiger partial charge on any atom is 0.247 e. The third-order valence-corrected chi connectivity index (χ3v) is 4.42. The first-order valence-corrected chi connectivity index (χ1v) is 9.84. The van der Waals surface area contributed by atoms with Gasteiger partial charge in [0.25, 0.3) is 0 Å². The summed E-state index contributed by atoms with van der Waals surface area (Å²) in [6.07, 6.45) is 0.829. The standard InChI is InChI=1S/C23H29FN2O3/c1-17(2)29-15-7-14-25-23(28)22(20-8-5-4-6-9-20)26(18(3)27)16-19-10-12-21(24)13-11-19/h4-6,8-13,17,22H,7,14-16H2,1-3H3,(H,25,28). The fourth-order valence-electron chi connectivity index (χ4n) is 2.98. The van der Waals surface area contributed by atoms with E-state index in [0.29, 0.717) is 19.6 Å². The summed E-state index contributed by atoms with van der Waals surface area (Å²) in [6, 6.07) is 14.3. The lowest BCUT2D eigenvalue weighted by Crippen LogP contribution is -2.43. The smallest absolute Gasteiger partial charge is 0.247 e. The number of nitrogens with one attached hydrogen (secondary N) is 1.